The molecule has 0 fully saturated rings. The number of nitrogens with one attached hydrogen (secondary N) is 2. The van der Waals surface area contributed by atoms with E-state index in [0.29, 0.717) is 15.7 Å². The number of hydrogen-bond donors (Lipinski definition) is 2. The molecule has 29 heavy (non-hydrogen) atoms. The molecule has 1 unspecified atom stereocenters. The molecule has 1 aromatic carbocycles. The summed E-state index contributed by atoms with van der Waals surface area (Å²) in [6, 6.07) is 7.19. The molecule has 0 bridgehead atoms. The number of benzene rings is 1. The van der Waals surface area contributed by atoms with Gasteiger partial charge in [0.2, 0.25) is 16.9 Å². The average molecular weight is 436 g/mol. The van der Waals surface area contributed by atoms with Crippen molar-refractivity contribution in [1.29, 1.82) is 0 Å². The molecule has 9 nitrogen and oxygen atoms in total. The van der Waals surface area contributed by atoms with Crippen molar-refractivity contribution < 1.29 is 19.1 Å². The molecular formula is C18H21N5O4S2. The van der Waals surface area contributed by atoms with Crippen molar-refractivity contribution in [3.8, 4) is 0 Å². The van der Waals surface area contributed by atoms with Crippen LogP contribution in [-0.4, -0.2) is 45.5 Å². The van der Waals surface area contributed by atoms with E-state index in [0.717, 1.165) is 11.3 Å². The van der Waals surface area contributed by atoms with E-state index in [1.807, 2.05) is 6.07 Å². The van der Waals surface area contributed by atoms with Crippen LogP contribution in [-0.2, 0) is 14.3 Å². The van der Waals surface area contributed by atoms with Crippen LogP contribution in [0.15, 0.2) is 28.6 Å². The van der Waals surface area contributed by atoms with E-state index in [4.69, 9.17) is 4.74 Å². The smallest absolute Gasteiger partial charge is 0.413 e. The van der Waals surface area contributed by atoms with Gasteiger partial charge in [0.05, 0.1) is 23.2 Å². The fourth-order valence-corrected chi connectivity index (χ4v) is 4.71. The molecule has 0 spiro atoms. The van der Waals surface area contributed by atoms with Gasteiger partial charge in [-0.1, -0.05) is 35.2 Å². The van der Waals surface area contributed by atoms with Crippen molar-refractivity contribution in [1.82, 2.24) is 10.2 Å². The first-order chi connectivity index (χ1) is 13.7. The van der Waals surface area contributed by atoms with Gasteiger partial charge in [-0.25, -0.2) is 4.79 Å². The van der Waals surface area contributed by atoms with Gasteiger partial charge in [0.25, 0.3) is 0 Å². The van der Waals surface area contributed by atoms with E-state index >= 15 is 0 Å². The van der Waals surface area contributed by atoms with Gasteiger partial charge in [0.15, 0.2) is 4.34 Å². The quantitative estimate of drug-likeness (QED) is 0.547. The first-order valence-corrected chi connectivity index (χ1v) is 10.6. The van der Waals surface area contributed by atoms with Crippen molar-refractivity contribution in [2.24, 2.45) is 0 Å². The van der Waals surface area contributed by atoms with Crippen LogP contribution in [0.3, 0.4) is 0 Å². The number of fused-ring (bicyclic) bond motifs is 1. The summed E-state index contributed by atoms with van der Waals surface area (Å²) in [6.45, 7) is 7.12. The molecule has 1 aromatic heterocycles. The number of para-hydroxylation sites is 2. The van der Waals surface area contributed by atoms with E-state index in [1.54, 1.807) is 45.9 Å². The molecule has 154 valence electrons. The Morgan fingerprint density at radius 3 is 2.79 bits per heavy atom. The molecule has 1 aliphatic rings. The van der Waals surface area contributed by atoms with Crippen molar-refractivity contribution in [3.05, 3.63) is 24.3 Å². The van der Waals surface area contributed by atoms with Gasteiger partial charge >= 0.3 is 6.09 Å². The predicted molar refractivity (Wildman–Crippen MR) is 113 cm³/mol. The van der Waals surface area contributed by atoms with Crippen LogP contribution in [0.2, 0.25) is 0 Å². The van der Waals surface area contributed by atoms with Gasteiger partial charge in [-0.15, -0.1) is 10.2 Å². The molecule has 2 aromatic rings. The zero-order valence-electron chi connectivity index (χ0n) is 16.4. The molecule has 3 amide bonds. The Morgan fingerprint density at radius 1 is 1.34 bits per heavy atom. The summed E-state index contributed by atoms with van der Waals surface area (Å²) in [5, 5.41) is 13.0. The van der Waals surface area contributed by atoms with Gasteiger partial charge in [-0.2, -0.15) is 0 Å². The van der Waals surface area contributed by atoms with Crippen LogP contribution in [0.5, 0.6) is 0 Å². The molecule has 11 heteroatoms. The van der Waals surface area contributed by atoms with Gasteiger partial charge in [0, 0.05) is 0 Å². The lowest BCUT2D eigenvalue weighted by Crippen LogP contribution is -2.60. The summed E-state index contributed by atoms with van der Waals surface area (Å²) >= 11 is 2.36. The van der Waals surface area contributed by atoms with E-state index in [9.17, 15) is 14.4 Å². The third-order valence-electron chi connectivity index (χ3n) is 4.24. The highest BCUT2D eigenvalue weighted by Gasteiger charge is 2.44. The van der Waals surface area contributed by atoms with Crippen LogP contribution < -0.4 is 15.5 Å². The van der Waals surface area contributed by atoms with Gasteiger partial charge in [-0.05, 0) is 39.8 Å². The molecule has 0 saturated heterocycles. The first-order valence-electron chi connectivity index (χ1n) is 8.92. The molecule has 2 N–H and O–H groups in total. The van der Waals surface area contributed by atoms with E-state index in [-0.39, 0.29) is 23.6 Å². The van der Waals surface area contributed by atoms with Crippen molar-refractivity contribution in [2.45, 2.75) is 42.8 Å². The van der Waals surface area contributed by atoms with Crippen molar-refractivity contribution in [2.75, 3.05) is 22.1 Å². The number of ether oxygens (including phenoxy) is 1. The largest absolute Gasteiger partial charge is 0.450 e. The van der Waals surface area contributed by atoms with Crippen LogP contribution in [0.4, 0.5) is 21.3 Å². The summed E-state index contributed by atoms with van der Waals surface area (Å²) < 4.78 is 5.32. The lowest BCUT2D eigenvalue weighted by Gasteiger charge is -2.42. The lowest BCUT2D eigenvalue weighted by atomic mass is 9.96. The third kappa shape index (κ3) is 4.35. The zero-order valence-corrected chi connectivity index (χ0v) is 18.0. The Balaban J connectivity index is 1.77. The molecule has 0 saturated carbocycles. The number of thioether (sulfide) groups is 1. The topological polar surface area (TPSA) is 114 Å². The molecule has 1 atom stereocenters. The normalized spacial score (nSPS) is 15.9. The lowest BCUT2D eigenvalue weighted by molar-refractivity contribution is -0.126. The van der Waals surface area contributed by atoms with Gasteiger partial charge in [0.1, 0.15) is 5.54 Å². The van der Waals surface area contributed by atoms with E-state index < -0.39 is 16.9 Å². The third-order valence-corrected chi connectivity index (χ3v) is 6.25. The summed E-state index contributed by atoms with van der Waals surface area (Å²) in [7, 11) is 0. The minimum absolute atomic E-state index is 0.225. The Labute approximate surface area is 176 Å². The Morgan fingerprint density at radius 2 is 2.07 bits per heavy atom. The maximum atomic E-state index is 13.3. The molecule has 2 heterocycles. The second kappa shape index (κ2) is 8.37. The standard InChI is InChI=1S/C18H21N5O4S2/c1-5-27-16(26)20-15-21-22-17(29-15)28-10(2)13(24)23-12-9-7-6-8-11(12)19-14(25)18(23,3)4/h6-10H,5H2,1-4H3,(H,19,25)(H,20,21,26). The first kappa shape index (κ1) is 21.1. The molecule has 0 aliphatic carbocycles. The summed E-state index contributed by atoms with van der Waals surface area (Å²) in [4.78, 5) is 38.8. The molecule has 0 radical (unpaired) electrons. The molecular weight excluding hydrogens is 414 g/mol. The van der Waals surface area contributed by atoms with Crippen molar-refractivity contribution >= 4 is 57.5 Å². The number of aromatic nitrogens is 2. The second-order valence-corrected chi connectivity index (χ2v) is 9.25. The number of amides is 3. The highest BCUT2D eigenvalue weighted by atomic mass is 32.2. The maximum absolute atomic E-state index is 13.3. The molecule has 3 rings (SSSR count). The fourth-order valence-electron chi connectivity index (χ4n) is 2.79. The Hall–Kier alpha value is -2.66. The van der Waals surface area contributed by atoms with E-state index in [2.05, 4.69) is 20.8 Å². The molecule has 1 aliphatic heterocycles. The average Bonchev–Trinajstić information content (AvgIpc) is 3.09. The second-order valence-electron chi connectivity index (χ2n) is 6.68. The number of nitrogens with zero attached hydrogens (tertiary/aromatic N) is 3. The van der Waals surface area contributed by atoms with Crippen LogP contribution >= 0.6 is 23.1 Å². The Kier molecular flexibility index (Phi) is 6.08. The monoisotopic (exact) mass is 435 g/mol. The zero-order chi connectivity index (χ0) is 21.2. The van der Waals surface area contributed by atoms with Gasteiger partial charge in [-0.3, -0.25) is 19.8 Å². The number of hydrogen-bond acceptors (Lipinski definition) is 8. The van der Waals surface area contributed by atoms with Crippen molar-refractivity contribution in [3.63, 3.8) is 0 Å². The van der Waals surface area contributed by atoms with E-state index in [1.165, 1.54) is 16.7 Å². The maximum Gasteiger partial charge on any atom is 0.413 e. The number of anilines is 3. The highest BCUT2D eigenvalue weighted by molar-refractivity contribution is 8.02. The summed E-state index contributed by atoms with van der Waals surface area (Å²) in [6.07, 6.45) is -0.609. The highest BCUT2D eigenvalue weighted by Crippen LogP contribution is 2.39. The van der Waals surface area contributed by atoms with Gasteiger partial charge < -0.3 is 10.1 Å². The number of carbonyl (C=O) groups is 3. The summed E-state index contributed by atoms with van der Waals surface area (Å²) in [5.41, 5.74) is 0.202. The predicted octanol–water partition coefficient (Wildman–Crippen LogP) is 3.35. The number of carbonyl (C=O) groups excluding carboxylic acids is 3. The number of rotatable bonds is 5. The van der Waals surface area contributed by atoms with Crippen LogP contribution in [0.1, 0.15) is 27.7 Å². The Bertz CT molecular complexity index is 946. The minimum atomic E-state index is -1.04. The SMILES string of the molecule is CCOC(=O)Nc1nnc(SC(C)C(=O)N2c3ccccc3NC(=O)C2(C)C)s1. The van der Waals surface area contributed by atoms with Crippen LogP contribution in [0, 0.1) is 0 Å². The minimum Gasteiger partial charge on any atom is -0.450 e. The van der Waals surface area contributed by atoms with Crippen LogP contribution in [0.25, 0.3) is 0 Å². The summed E-state index contributed by atoms with van der Waals surface area (Å²) in [5.74, 6) is -0.476. The fraction of sp³-hybridized carbons (Fsp3) is 0.389.